The van der Waals surface area contributed by atoms with Gasteiger partial charge in [-0.25, -0.2) is 4.79 Å². The first kappa shape index (κ1) is 14.5. The molecule has 0 unspecified atom stereocenters. The number of amides is 1. The Labute approximate surface area is 128 Å². The highest BCUT2D eigenvalue weighted by Crippen LogP contribution is 2.25. The molecule has 8 nitrogen and oxygen atoms in total. The van der Waals surface area contributed by atoms with Gasteiger partial charge in [0.2, 0.25) is 0 Å². The molecule has 22 heavy (non-hydrogen) atoms. The molecule has 1 N–H and O–H groups in total. The van der Waals surface area contributed by atoms with Gasteiger partial charge in [-0.15, -0.1) is 0 Å². The van der Waals surface area contributed by atoms with Crippen molar-refractivity contribution < 1.29 is 9.53 Å². The minimum absolute atomic E-state index is 0.164. The third-order valence-electron chi connectivity index (χ3n) is 3.87. The van der Waals surface area contributed by atoms with E-state index in [9.17, 15) is 4.79 Å². The minimum Gasteiger partial charge on any atom is -0.444 e. The van der Waals surface area contributed by atoms with Gasteiger partial charge in [-0.1, -0.05) is 5.11 Å². The maximum absolute atomic E-state index is 11.9. The van der Waals surface area contributed by atoms with Crippen LogP contribution in [0.2, 0.25) is 0 Å². The Balaban J connectivity index is 1.67. The number of nitrogens with one attached hydrogen (secondary N) is 1. The average Bonchev–Trinajstić information content (AvgIpc) is 2.95. The van der Waals surface area contributed by atoms with Gasteiger partial charge in [-0.3, -0.25) is 4.90 Å². The molecule has 3 rings (SSSR count). The Morgan fingerprint density at radius 1 is 1.27 bits per heavy atom. The van der Waals surface area contributed by atoms with Crippen LogP contribution in [-0.4, -0.2) is 51.5 Å². The molecule has 1 aromatic carbocycles. The van der Waals surface area contributed by atoms with E-state index in [0.29, 0.717) is 6.54 Å². The van der Waals surface area contributed by atoms with Gasteiger partial charge in [0.05, 0.1) is 13.1 Å². The lowest BCUT2D eigenvalue weighted by molar-refractivity contribution is 0.145. The second-order valence-electron chi connectivity index (χ2n) is 5.28. The van der Waals surface area contributed by atoms with E-state index in [1.807, 2.05) is 24.3 Å². The molecule has 2 heterocycles. The topological polar surface area (TPSA) is 93.6 Å². The molecule has 0 spiro atoms. The number of hydrogen-bond acceptors (Lipinski definition) is 5. The molecule has 0 bridgehead atoms. The van der Waals surface area contributed by atoms with Crippen molar-refractivity contribution in [2.24, 2.45) is 5.11 Å². The number of ether oxygens (including phenoxy) is 1. The van der Waals surface area contributed by atoms with Gasteiger partial charge in [0, 0.05) is 42.5 Å². The Morgan fingerprint density at radius 2 is 1.95 bits per heavy atom. The van der Waals surface area contributed by atoms with Crippen molar-refractivity contribution in [2.75, 3.05) is 49.1 Å². The van der Waals surface area contributed by atoms with E-state index < -0.39 is 6.09 Å². The molecule has 0 aromatic heterocycles. The Morgan fingerprint density at radius 3 is 2.64 bits per heavy atom. The van der Waals surface area contributed by atoms with Crippen LogP contribution in [0.5, 0.6) is 0 Å². The van der Waals surface area contributed by atoms with Crippen LogP contribution in [0.4, 0.5) is 16.2 Å². The molecule has 1 atom stereocenters. The van der Waals surface area contributed by atoms with Crippen LogP contribution in [0.3, 0.4) is 0 Å². The van der Waals surface area contributed by atoms with Crippen molar-refractivity contribution in [3.05, 3.63) is 34.7 Å². The third-order valence-corrected chi connectivity index (χ3v) is 3.87. The smallest absolute Gasteiger partial charge is 0.414 e. The van der Waals surface area contributed by atoms with Gasteiger partial charge in [-0.2, -0.15) is 0 Å². The number of piperazine rings is 1. The van der Waals surface area contributed by atoms with Crippen molar-refractivity contribution in [1.29, 1.82) is 0 Å². The van der Waals surface area contributed by atoms with Gasteiger partial charge in [0.25, 0.3) is 0 Å². The molecule has 0 aliphatic carbocycles. The fraction of sp³-hybridized carbons (Fsp3) is 0.500. The molecule has 1 amide bonds. The summed E-state index contributed by atoms with van der Waals surface area (Å²) in [6, 6.07) is 7.90. The molecule has 0 radical (unpaired) electrons. The van der Waals surface area contributed by atoms with Crippen molar-refractivity contribution in [1.82, 2.24) is 5.32 Å². The van der Waals surface area contributed by atoms with Crippen molar-refractivity contribution >= 4 is 17.5 Å². The zero-order valence-corrected chi connectivity index (χ0v) is 12.2. The number of anilines is 2. The summed E-state index contributed by atoms with van der Waals surface area (Å²) in [5, 5.41) is 6.78. The molecule has 1 aromatic rings. The lowest BCUT2D eigenvalue weighted by Gasteiger charge is -2.29. The first-order valence-corrected chi connectivity index (χ1v) is 7.32. The van der Waals surface area contributed by atoms with Crippen LogP contribution in [-0.2, 0) is 4.74 Å². The number of benzene rings is 1. The van der Waals surface area contributed by atoms with E-state index in [-0.39, 0.29) is 12.6 Å². The summed E-state index contributed by atoms with van der Waals surface area (Å²) in [5.74, 6) is 0. The molecule has 2 aliphatic rings. The monoisotopic (exact) mass is 302 g/mol. The molecular weight excluding hydrogens is 284 g/mol. The van der Waals surface area contributed by atoms with E-state index in [2.05, 4.69) is 20.2 Å². The zero-order valence-electron chi connectivity index (χ0n) is 12.2. The fourth-order valence-corrected chi connectivity index (χ4v) is 2.72. The lowest BCUT2D eigenvalue weighted by atomic mass is 10.2. The van der Waals surface area contributed by atoms with E-state index in [1.165, 1.54) is 0 Å². The second kappa shape index (κ2) is 6.55. The summed E-state index contributed by atoms with van der Waals surface area (Å²) in [6.45, 7) is 4.52. The number of carbonyl (C=O) groups excluding carboxylic acids is 1. The molecule has 2 fully saturated rings. The molecule has 8 heteroatoms. The quantitative estimate of drug-likeness (QED) is 0.520. The average molecular weight is 302 g/mol. The van der Waals surface area contributed by atoms with Crippen LogP contribution in [0.1, 0.15) is 0 Å². The molecular formula is C14H18N6O2. The number of hydrogen-bond donors (Lipinski definition) is 1. The highest BCUT2D eigenvalue weighted by molar-refractivity contribution is 5.90. The fourth-order valence-electron chi connectivity index (χ4n) is 2.72. The van der Waals surface area contributed by atoms with Crippen LogP contribution in [0, 0.1) is 0 Å². The summed E-state index contributed by atoms with van der Waals surface area (Å²) in [6.07, 6.45) is -0.774. The van der Waals surface area contributed by atoms with Crippen molar-refractivity contribution in [3.8, 4) is 0 Å². The Hall–Kier alpha value is -2.44. The lowest BCUT2D eigenvalue weighted by Crippen LogP contribution is -2.43. The summed E-state index contributed by atoms with van der Waals surface area (Å²) in [4.78, 5) is 18.5. The first-order chi connectivity index (χ1) is 10.8. The van der Waals surface area contributed by atoms with E-state index in [0.717, 1.165) is 37.6 Å². The van der Waals surface area contributed by atoms with Crippen LogP contribution in [0.15, 0.2) is 29.4 Å². The second-order valence-corrected chi connectivity index (χ2v) is 5.28. The van der Waals surface area contributed by atoms with Crippen molar-refractivity contribution in [3.63, 3.8) is 0 Å². The molecule has 2 aliphatic heterocycles. The van der Waals surface area contributed by atoms with Gasteiger partial charge in [0.1, 0.15) is 6.10 Å². The molecule has 2 saturated heterocycles. The SMILES string of the molecule is [N-]=[N+]=NC[C@H]1CN(c2ccc(N3CCNCC3)cc2)C(=O)O1. The standard InChI is InChI=1S/C14H18N6O2/c15-18-17-9-13-10-20(14(21)22-13)12-3-1-11(2-4-12)19-7-5-16-6-8-19/h1-4,13,16H,5-10H2/t13-/m0/s1. The van der Waals surface area contributed by atoms with Gasteiger partial charge < -0.3 is 15.0 Å². The van der Waals surface area contributed by atoms with Crippen LogP contribution < -0.4 is 15.1 Å². The maximum Gasteiger partial charge on any atom is 0.414 e. The minimum atomic E-state index is -0.395. The highest BCUT2D eigenvalue weighted by atomic mass is 16.6. The number of nitrogens with zero attached hydrogens (tertiary/aromatic N) is 5. The van der Waals surface area contributed by atoms with E-state index in [1.54, 1.807) is 4.90 Å². The van der Waals surface area contributed by atoms with E-state index in [4.69, 9.17) is 10.3 Å². The zero-order chi connectivity index (χ0) is 15.4. The van der Waals surface area contributed by atoms with Crippen LogP contribution >= 0.6 is 0 Å². The van der Waals surface area contributed by atoms with Gasteiger partial charge >= 0.3 is 6.09 Å². The maximum atomic E-state index is 11.9. The van der Waals surface area contributed by atoms with E-state index >= 15 is 0 Å². The summed E-state index contributed by atoms with van der Waals surface area (Å²) in [5.41, 5.74) is 10.3. The Kier molecular flexibility index (Phi) is 4.32. The number of cyclic esters (lactones) is 1. The third kappa shape index (κ3) is 3.08. The summed E-state index contributed by atoms with van der Waals surface area (Å²) in [7, 11) is 0. The molecule has 116 valence electrons. The van der Waals surface area contributed by atoms with Gasteiger partial charge in [-0.05, 0) is 29.8 Å². The number of carbonyl (C=O) groups is 1. The Bertz CT molecular complexity index is 578. The largest absolute Gasteiger partial charge is 0.444 e. The van der Waals surface area contributed by atoms with Crippen molar-refractivity contribution in [2.45, 2.75) is 6.10 Å². The van der Waals surface area contributed by atoms with Crippen LogP contribution in [0.25, 0.3) is 10.4 Å². The predicted molar refractivity (Wildman–Crippen MR) is 83.2 cm³/mol. The number of azide groups is 1. The first-order valence-electron chi connectivity index (χ1n) is 7.32. The molecule has 0 saturated carbocycles. The summed E-state index contributed by atoms with van der Waals surface area (Å²) >= 11 is 0. The number of rotatable bonds is 4. The predicted octanol–water partition coefficient (Wildman–Crippen LogP) is 1.73. The summed E-state index contributed by atoms with van der Waals surface area (Å²) < 4.78 is 5.18. The highest BCUT2D eigenvalue weighted by Gasteiger charge is 2.31. The van der Waals surface area contributed by atoms with Gasteiger partial charge in [0.15, 0.2) is 0 Å². The normalized spacial score (nSPS) is 21.5.